The van der Waals surface area contributed by atoms with E-state index in [4.69, 9.17) is 9.97 Å². The smallest absolute Gasteiger partial charge is 0.160 e. The van der Waals surface area contributed by atoms with E-state index in [1.165, 1.54) is 65.7 Å². The zero-order chi connectivity index (χ0) is 38.1. The predicted octanol–water partition coefficient (Wildman–Crippen LogP) is 14.6. The number of nitrogens with zero attached hydrogens (tertiary/aromatic N) is 2. The van der Waals surface area contributed by atoms with Crippen LogP contribution in [-0.2, 0) is 5.41 Å². The molecule has 0 spiro atoms. The molecule has 1 aliphatic rings. The van der Waals surface area contributed by atoms with Crippen molar-refractivity contribution in [1.82, 2.24) is 9.97 Å². The van der Waals surface area contributed by atoms with Crippen LogP contribution in [-0.4, -0.2) is 9.97 Å². The van der Waals surface area contributed by atoms with Gasteiger partial charge in [-0.3, -0.25) is 0 Å². The van der Waals surface area contributed by atoms with Crippen molar-refractivity contribution < 1.29 is 0 Å². The van der Waals surface area contributed by atoms with Crippen LogP contribution in [0.2, 0.25) is 0 Å². The maximum atomic E-state index is 5.39. The van der Waals surface area contributed by atoms with Gasteiger partial charge in [0.15, 0.2) is 5.82 Å². The van der Waals surface area contributed by atoms with Gasteiger partial charge < -0.3 is 0 Å². The minimum atomic E-state index is -0.0960. The molecule has 2 nitrogen and oxygen atoms in total. The van der Waals surface area contributed by atoms with E-state index < -0.39 is 0 Å². The van der Waals surface area contributed by atoms with Crippen molar-refractivity contribution in [2.24, 2.45) is 0 Å². The molecule has 0 N–H and O–H groups in total. The Kier molecular flexibility index (Phi) is 7.55. The zero-order valence-corrected chi connectivity index (χ0v) is 31.9. The van der Waals surface area contributed by atoms with Gasteiger partial charge in [0.1, 0.15) is 0 Å². The number of rotatable bonds is 5. The highest BCUT2D eigenvalue weighted by Gasteiger charge is 2.36. The molecule has 2 heteroatoms. The van der Waals surface area contributed by atoms with Crippen LogP contribution >= 0.6 is 0 Å². The first kappa shape index (κ1) is 33.2. The first-order valence-corrected chi connectivity index (χ1v) is 19.8. The Balaban J connectivity index is 1.17. The van der Waals surface area contributed by atoms with Gasteiger partial charge in [-0.2, -0.15) is 0 Å². The minimum absolute atomic E-state index is 0.0960. The maximum Gasteiger partial charge on any atom is 0.160 e. The molecule has 9 aromatic carbocycles. The van der Waals surface area contributed by atoms with Crippen LogP contribution in [0.1, 0.15) is 25.0 Å². The monoisotopic (exact) mass is 726 g/mol. The lowest BCUT2D eigenvalue weighted by Gasteiger charge is -2.22. The summed E-state index contributed by atoms with van der Waals surface area (Å²) in [5, 5.41) is 7.40. The number of hydrogen-bond acceptors (Lipinski definition) is 2. The molecule has 0 amide bonds. The Bertz CT molecular complexity index is 3210. The molecule has 11 rings (SSSR count). The summed E-state index contributed by atoms with van der Waals surface area (Å²) in [4.78, 5) is 10.8. The summed E-state index contributed by atoms with van der Waals surface area (Å²) in [5.74, 6) is 0.700. The van der Waals surface area contributed by atoms with Crippen molar-refractivity contribution in [2.75, 3.05) is 0 Å². The number of fused-ring (bicyclic) bond motifs is 7. The molecule has 268 valence electrons. The van der Waals surface area contributed by atoms with Gasteiger partial charge in [-0.1, -0.05) is 196 Å². The molecule has 0 radical (unpaired) electrons. The van der Waals surface area contributed by atoms with E-state index in [0.717, 1.165) is 39.2 Å². The fraction of sp³-hybridized carbons (Fsp3) is 0.0545. The molecule has 1 aliphatic carbocycles. The van der Waals surface area contributed by atoms with E-state index in [0.29, 0.717) is 5.82 Å². The van der Waals surface area contributed by atoms with Gasteiger partial charge in [-0.25, -0.2) is 9.97 Å². The van der Waals surface area contributed by atoms with E-state index in [1.54, 1.807) is 0 Å². The van der Waals surface area contributed by atoms with Crippen LogP contribution < -0.4 is 0 Å². The first-order chi connectivity index (χ1) is 28.0. The molecule has 0 saturated carbocycles. The van der Waals surface area contributed by atoms with Gasteiger partial charge in [0, 0.05) is 22.1 Å². The molecular weight excluding hydrogens is 689 g/mol. The Hall–Kier alpha value is -7.16. The van der Waals surface area contributed by atoms with Crippen molar-refractivity contribution in [3.05, 3.63) is 205 Å². The van der Waals surface area contributed by atoms with Crippen molar-refractivity contribution in [2.45, 2.75) is 19.3 Å². The van der Waals surface area contributed by atoms with Crippen molar-refractivity contribution in [3.63, 3.8) is 0 Å². The van der Waals surface area contributed by atoms with Gasteiger partial charge in [0.2, 0.25) is 0 Å². The van der Waals surface area contributed by atoms with Crippen LogP contribution in [0.5, 0.6) is 0 Å². The standard InChI is InChI=1S/C55H38N2/c1-55(2)48-29-15-14-27-46(48)53-43(28-16-30-49(53)55)40-23-10-11-24-41(40)50-34-51(57-54(56-50)36-18-4-3-5-19-36)42-25-12-13-26-44(42)52-39-22-9-7-20-37(39)33-47-38-21-8-6-17-35(38)31-32-45(47)52/h3-34H,1-2H3. The van der Waals surface area contributed by atoms with Crippen molar-refractivity contribution in [1.29, 1.82) is 0 Å². The average molecular weight is 727 g/mol. The van der Waals surface area contributed by atoms with Crippen LogP contribution in [0.3, 0.4) is 0 Å². The average Bonchev–Trinajstić information content (AvgIpc) is 3.51. The van der Waals surface area contributed by atoms with Gasteiger partial charge in [0.25, 0.3) is 0 Å². The first-order valence-electron chi connectivity index (χ1n) is 19.8. The molecule has 0 bridgehead atoms. The second kappa shape index (κ2) is 13.0. The molecule has 0 atom stereocenters. The Morgan fingerprint density at radius 2 is 0.895 bits per heavy atom. The molecule has 0 fully saturated rings. The Morgan fingerprint density at radius 3 is 1.67 bits per heavy atom. The molecule has 0 saturated heterocycles. The lowest BCUT2D eigenvalue weighted by molar-refractivity contribution is 0.660. The zero-order valence-electron chi connectivity index (χ0n) is 31.9. The highest BCUT2D eigenvalue weighted by atomic mass is 14.9. The van der Waals surface area contributed by atoms with Gasteiger partial charge >= 0.3 is 0 Å². The summed E-state index contributed by atoms with van der Waals surface area (Å²) in [5.41, 5.74) is 14.9. The van der Waals surface area contributed by atoms with Crippen LogP contribution in [0.15, 0.2) is 194 Å². The lowest BCUT2D eigenvalue weighted by atomic mass is 9.81. The number of hydrogen-bond donors (Lipinski definition) is 0. The fourth-order valence-electron chi connectivity index (χ4n) is 9.39. The van der Waals surface area contributed by atoms with E-state index in [-0.39, 0.29) is 5.41 Å². The highest BCUT2D eigenvalue weighted by Crippen LogP contribution is 2.53. The quantitative estimate of drug-likeness (QED) is 0.130. The molecule has 57 heavy (non-hydrogen) atoms. The van der Waals surface area contributed by atoms with Crippen LogP contribution in [0, 0.1) is 0 Å². The highest BCUT2D eigenvalue weighted by molar-refractivity contribution is 6.21. The summed E-state index contributed by atoms with van der Waals surface area (Å²) >= 11 is 0. The van der Waals surface area contributed by atoms with E-state index >= 15 is 0 Å². The maximum absolute atomic E-state index is 5.39. The lowest BCUT2D eigenvalue weighted by Crippen LogP contribution is -2.14. The minimum Gasteiger partial charge on any atom is -0.228 e. The third-order valence-electron chi connectivity index (χ3n) is 12.1. The largest absolute Gasteiger partial charge is 0.228 e. The number of benzene rings is 9. The third kappa shape index (κ3) is 5.25. The van der Waals surface area contributed by atoms with E-state index in [1.807, 2.05) is 6.07 Å². The normalized spacial score (nSPS) is 12.9. The van der Waals surface area contributed by atoms with Crippen molar-refractivity contribution in [3.8, 4) is 67.3 Å². The summed E-state index contributed by atoms with van der Waals surface area (Å²) in [6, 6.07) is 70.1. The second-order valence-electron chi connectivity index (χ2n) is 15.7. The van der Waals surface area contributed by atoms with Crippen LogP contribution in [0.25, 0.3) is 99.6 Å². The van der Waals surface area contributed by atoms with E-state index in [9.17, 15) is 0 Å². The number of aromatic nitrogens is 2. The van der Waals surface area contributed by atoms with Gasteiger partial charge in [-0.15, -0.1) is 0 Å². The van der Waals surface area contributed by atoms with Crippen molar-refractivity contribution >= 4 is 32.3 Å². The summed E-state index contributed by atoms with van der Waals surface area (Å²) in [6.07, 6.45) is 0. The fourth-order valence-corrected chi connectivity index (χ4v) is 9.39. The van der Waals surface area contributed by atoms with Crippen LogP contribution in [0.4, 0.5) is 0 Å². The Morgan fingerprint density at radius 1 is 0.333 bits per heavy atom. The molecule has 10 aromatic rings. The Labute approximate surface area is 332 Å². The van der Waals surface area contributed by atoms with Gasteiger partial charge in [-0.05, 0) is 89.0 Å². The molecular formula is C55H38N2. The summed E-state index contributed by atoms with van der Waals surface area (Å²) in [6.45, 7) is 4.69. The van der Waals surface area contributed by atoms with E-state index in [2.05, 4.69) is 202 Å². The predicted molar refractivity (Wildman–Crippen MR) is 239 cm³/mol. The molecule has 1 aromatic heterocycles. The summed E-state index contributed by atoms with van der Waals surface area (Å²) in [7, 11) is 0. The topological polar surface area (TPSA) is 25.8 Å². The van der Waals surface area contributed by atoms with Gasteiger partial charge in [0.05, 0.1) is 11.4 Å². The molecule has 1 heterocycles. The second-order valence-corrected chi connectivity index (χ2v) is 15.7. The molecule has 0 aliphatic heterocycles. The third-order valence-corrected chi connectivity index (χ3v) is 12.1. The summed E-state index contributed by atoms with van der Waals surface area (Å²) < 4.78 is 0. The SMILES string of the molecule is CC1(C)c2ccccc2-c2c(-c3ccccc3-c3cc(-c4ccccc4-c4c5ccccc5cc5c4ccc4ccccc45)nc(-c4ccccc4)n3)cccc21. The molecule has 0 unspecified atom stereocenters.